The summed E-state index contributed by atoms with van der Waals surface area (Å²) in [5.74, 6) is 4.17. The molecule has 0 aliphatic carbocycles. The highest BCUT2D eigenvalue weighted by molar-refractivity contribution is 7.54. The van der Waals surface area contributed by atoms with E-state index >= 15 is 0 Å². The van der Waals surface area contributed by atoms with E-state index in [-0.39, 0.29) is 35.1 Å². The van der Waals surface area contributed by atoms with Crippen LogP contribution in [-0.2, 0) is 23.4 Å². The number of carbonyl (C=O) groups excluding carboxylic acids is 1. The Kier molecular flexibility index (Phi) is 8.86. The van der Waals surface area contributed by atoms with Crippen LogP contribution in [0.15, 0.2) is 41.5 Å². The van der Waals surface area contributed by atoms with Gasteiger partial charge < -0.3 is 30.6 Å². The van der Waals surface area contributed by atoms with Gasteiger partial charge in [-0.05, 0) is 32.9 Å². The van der Waals surface area contributed by atoms with Crippen molar-refractivity contribution in [2.24, 2.45) is 11.7 Å². The van der Waals surface area contributed by atoms with Crippen LogP contribution < -0.4 is 21.6 Å². The van der Waals surface area contributed by atoms with Crippen molar-refractivity contribution < 1.29 is 33.0 Å². The third kappa shape index (κ3) is 6.45. The summed E-state index contributed by atoms with van der Waals surface area (Å²) in [7, 11) is -4.03. The molecule has 6 N–H and O–H groups in total. The molecular weight excluding hydrogens is 555 g/mol. The Morgan fingerprint density at radius 3 is 2.68 bits per heavy atom. The summed E-state index contributed by atoms with van der Waals surface area (Å²) in [6.45, 7) is 6.06. The lowest BCUT2D eigenvalue weighted by Crippen LogP contribution is -2.53. The Hall–Kier alpha value is -3.73. The number of rotatable bonds is 10. The molecule has 1 unspecified atom stereocenters. The van der Waals surface area contributed by atoms with Gasteiger partial charge in [0.25, 0.3) is 5.56 Å². The van der Waals surface area contributed by atoms with Gasteiger partial charge >= 0.3 is 13.6 Å². The molecule has 0 bridgehead atoms. The van der Waals surface area contributed by atoms with E-state index in [1.54, 1.807) is 51.1 Å². The van der Waals surface area contributed by atoms with E-state index in [0.717, 1.165) is 0 Å². The molecular formula is C26H33N6O8P. The van der Waals surface area contributed by atoms with Gasteiger partial charge in [-0.3, -0.25) is 23.7 Å². The zero-order valence-corrected chi connectivity index (χ0v) is 23.9. The van der Waals surface area contributed by atoms with Gasteiger partial charge in [0.05, 0.1) is 31.1 Å². The third-order valence-corrected chi connectivity index (χ3v) is 8.30. The minimum absolute atomic E-state index is 0.0215. The molecule has 2 aromatic heterocycles. The number of benzene rings is 1. The summed E-state index contributed by atoms with van der Waals surface area (Å²) in [5, 5.41) is 11.3. The maximum atomic E-state index is 14.0. The van der Waals surface area contributed by atoms with Crippen LogP contribution in [-0.4, -0.2) is 67.2 Å². The number of fused-ring (bicyclic) bond motifs is 1. The molecule has 14 nitrogen and oxygen atoms in total. The molecule has 3 heterocycles. The number of aliphatic hydroxyl groups excluding tert-OH is 1. The van der Waals surface area contributed by atoms with E-state index in [4.69, 9.17) is 30.0 Å². The van der Waals surface area contributed by atoms with E-state index < -0.39 is 55.6 Å². The van der Waals surface area contributed by atoms with Crippen molar-refractivity contribution >= 4 is 30.7 Å². The van der Waals surface area contributed by atoms with Crippen molar-refractivity contribution in [3.8, 4) is 17.6 Å². The number of para-hydroxylation sites is 1. The molecule has 1 fully saturated rings. The van der Waals surface area contributed by atoms with Crippen molar-refractivity contribution in [3.05, 3.63) is 47.0 Å². The second-order valence-electron chi connectivity index (χ2n) is 9.94. The van der Waals surface area contributed by atoms with Gasteiger partial charge in [-0.2, -0.15) is 4.98 Å². The number of anilines is 1. The molecule has 15 heteroatoms. The van der Waals surface area contributed by atoms with E-state index in [1.165, 1.54) is 17.8 Å². The van der Waals surface area contributed by atoms with Crippen LogP contribution in [0.2, 0.25) is 0 Å². The van der Waals surface area contributed by atoms with Gasteiger partial charge in [-0.15, -0.1) is 5.92 Å². The number of nitrogens with zero attached hydrogens (tertiary/aromatic N) is 3. The average Bonchev–Trinajstić information content (AvgIpc) is 3.42. The number of carbonyl (C=O) groups is 1. The lowest BCUT2D eigenvalue weighted by molar-refractivity contribution is -0.151. The minimum Gasteiger partial charge on any atom is -0.463 e. The van der Waals surface area contributed by atoms with Crippen LogP contribution in [0.25, 0.3) is 11.2 Å². The summed E-state index contributed by atoms with van der Waals surface area (Å²) in [6.07, 6.45) is -3.20. The van der Waals surface area contributed by atoms with Crippen molar-refractivity contribution in [2.45, 2.75) is 57.8 Å². The number of hydrogen-bond acceptors (Lipinski definition) is 12. The van der Waals surface area contributed by atoms with Crippen LogP contribution in [0.1, 0.15) is 33.9 Å². The fraction of sp³-hybridized carbons (Fsp3) is 0.462. The number of esters is 1. The molecule has 1 aromatic carbocycles. The van der Waals surface area contributed by atoms with Crippen molar-refractivity contribution in [1.29, 1.82) is 0 Å². The fourth-order valence-electron chi connectivity index (χ4n) is 4.40. The summed E-state index contributed by atoms with van der Waals surface area (Å²) in [5.41, 5.74) is 10.1. The molecule has 1 aliphatic rings. The number of nitrogens with two attached hydrogens (primary N) is 2. The summed E-state index contributed by atoms with van der Waals surface area (Å²) in [4.78, 5) is 35.4. The predicted octanol–water partition coefficient (Wildman–Crippen LogP) is 1.56. The lowest BCUT2D eigenvalue weighted by atomic mass is 9.91. The zero-order valence-electron chi connectivity index (χ0n) is 23.0. The van der Waals surface area contributed by atoms with Gasteiger partial charge in [-0.1, -0.05) is 31.0 Å². The molecule has 0 saturated carbocycles. The monoisotopic (exact) mass is 588 g/mol. The van der Waals surface area contributed by atoms with Crippen LogP contribution in [0.5, 0.6) is 5.75 Å². The van der Waals surface area contributed by atoms with Crippen molar-refractivity contribution in [3.63, 3.8) is 0 Å². The number of aromatic nitrogens is 4. The molecule has 1 aliphatic heterocycles. The molecule has 6 atom stereocenters. The Bertz CT molecular complexity index is 1560. The molecule has 3 aromatic rings. The van der Waals surface area contributed by atoms with E-state index in [0.29, 0.717) is 0 Å². The Morgan fingerprint density at radius 2 is 2.02 bits per heavy atom. The minimum atomic E-state index is -4.03. The van der Waals surface area contributed by atoms with Crippen LogP contribution in [0.4, 0.5) is 5.95 Å². The second kappa shape index (κ2) is 12.0. The fourth-order valence-corrected chi connectivity index (χ4v) is 6.27. The lowest BCUT2D eigenvalue weighted by Gasteiger charge is -2.27. The first kappa shape index (κ1) is 30.2. The number of aliphatic hydroxyl groups is 1. The molecule has 0 amide bonds. The quantitative estimate of drug-likeness (QED) is 0.151. The molecule has 0 radical (unpaired) electrons. The summed E-state index contributed by atoms with van der Waals surface area (Å²) in [6, 6.07) is 8.33. The largest absolute Gasteiger partial charge is 0.463 e. The van der Waals surface area contributed by atoms with Gasteiger partial charge in [-0.25, -0.2) is 9.55 Å². The highest BCUT2D eigenvalue weighted by Crippen LogP contribution is 2.51. The van der Waals surface area contributed by atoms with Crippen LogP contribution >= 0.6 is 7.60 Å². The van der Waals surface area contributed by atoms with Crippen LogP contribution in [0.3, 0.4) is 0 Å². The summed E-state index contributed by atoms with van der Waals surface area (Å²) < 4.78 is 38.2. The topological polar surface area (TPSA) is 207 Å². The number of ether oxygens (including phenoxy) is 2. The number of nitrogens with one attached hydrogen (secondary N) is 1. The number of nitrogen functional groups attached to an aromatic ring is 1. The normalized spacial score (nSPS) is 24.4. The highest BCUT2D eigenvalue weighted by Gasteiger charge is 2.55. The van der Waals surface area contributed by atoms with Crippen LogP contribution in [0, 0.1) is 17.8 Å². The predicted molar refractivity (Wildman–Crippen MR) is 149 cm³/mol. The number of H-pyrrole nitrogens is 1. The van der Waals surface area contributed by atoms with Crippen molar-refractivity contribution in [2.75, 3.05) is 18.5 Å². The van der Waals surface area contributed by atoms with E-state index in [2.05, 4.69) is 26.8 Å². The second-order valence-corrected chi connectivity index (χ2v) is 12.0. The maximum Gasteiger partial charge on any atom is 0.380 e. The number of imidazole rings is 1. The van der Waals surface area contributed by atoms with Gasteiger partial charge in [0.2, 0.25) is 5.95 Å². The number of hydrogen-bond donors (Lipinski definition) is 4. The first-order valence-electron chi connectivity index (χ1n) is 12.8. The summed E-state index contributed by atoms with van der Waals surface area (Å²) >= 11 is 0. The average molecular weight is 589 g/mol. The first-order valence-corrected chi connectivity index (χ1v) is 14.6. The van der Waals surface area contributed by atoms with Gasteiger partial charge in [0.1, 0.15) is 18.0 Å². The third-order valence-electron chi connectivity index (χ3n) is 6.27. The molecule has 41 heavy (non-hydrogen) atoms. The molecule has 1 saturated heterocycles. The standard InChI is InChI=1S/C26H33N6O8P/c1-5-11-26(28)20(33)18(39-24(26)32-14-29-19-21(32)30-25(27)31-22(19)34)12-37-41(36,40-17-9-7-6-8-10-17)13-16(4)23(35)38-15(2)3/h6-10,14-16,18,20,24,33H,12-13,28H2,1-4H3,(H3,27,30,31,34)/t16-,18-,20+,24-,26?,41+/m1/s1. The van der Waals surface area contributed by atoms with Gasteiger partial charge in [0, 0.05) is 0 Å². The van der Waals surface area contributed by atoms with Crippen molar-refractivity contribution in [1.82, 2.24) is 19.5 Å². The van der Waals surface area contributed by atoms with E-state index in [9.17, 15) is 19.3 Å². The SMILES string of the molecule is CC#CC1(N)[C@@H](O)[C@@H](CO[P@@](=O)(C[C@@H](C)C(=O)OC(C)C)Oc2ccccc2)O[C@H]1n1cnc2c(=O)[nH]c(N)nc21. The maximum absolute atomic E-state index is 14.0. The smallest absolute Gasteiger partial charge is 0.380 e. The molecule has 0 spiro atoms. The number of aromatic amines is 1. The Labute approximate surface area is 235 Å². The Morgan fingerprint density at radius 1 is 1.32 bits per heavy atom. The molecule has 4 rings (SSSR count). The Balaban J connectivity index is 1.62. The first-order chi connectivity index (χ1) is 19.4. The van der Waals surface area contributed by atoms with Gasteiger partial charge in [0.15, 0.2) is 22.9 Å². The van der Waals surface area contributed by atoms with E-state index in [1.807, 2.05) is 0 Å². The highest BCUT2D eigenvalue weighted by atomic mass is 31.2. The zero-order chi connectivity index (χ0) is 29.9. The molecule has 220 valence electrons.